The zero-order valence-corrected chi connectivity index (χ0v) is 21.0. The first-order valence-electron chi connectivity index (χ1n) is 12.5. The van der Waals surface area contributed by atoms with Crippen molar-refractivity contribution in [3.05, 3.63) is 76.8 Å². The summed E-state index contributed by atoms with van der Waals surface area (Å²) in [5.41, 5.74) is 10.9. The highest BCUT2D eigenvalue weighted by Crippen LogP contribution is 2.48. The van der Waals surface area contributed by atoms with E-state index in [4.69, 9.17) is 16.2 Å². The van der Waals surface area contributed by atoms with Crippen molar-refractivity contribution in [2.24, 2.45) is 5.73 Å². The Hall–Kier alpha value is -4.08. The van der Waals surface area contributed by atoms with Crippen LogP contribution in [0.1, 0.15) is 65.7 Å². The maximum atomic E-state index is 16.6. The van der Waals surface area contributed by atoms with Gasteiger partial charge >= 0.3 is 6.01 Å². The second-order valence-electron chi connectivity index (χ2n) is 9.99. The summed E-state index contributed by atoms with van der Waals surface area (Å²) in [5.74, 6) is -1.69. The summed E-state index contributed by atoms with van der Waals surface area (Å²) in [4.78, 5) is 33.7. The van der Waals surface area contributed by atoms with Crippen LogP contribution < -0.4 is 16.2 Å². The molecule has 2 unspecified atom stereocenters. The number of halogens is 2. The molecule has 1 saturated carbocycles. The molecule has 2 amide bonds. The summed E-state index contributed by atoms with van der Waals surface area (Å²) >= 11 is 0. The topological polar surface area (TPSA) is 124 Å². The van der Waals surface area contributed by atoms with E-state index in [1.165, 1.54) is 24.3 Å². The number of likely N-dealkylation sites (tertiary alicyclic amines) is 1. The van der Waals surface area contributed by atoms with Crippen LogP contribution in [-0.2, 0) is 10.5 Å². The van der Waals surface area contributed by atoms with E-state index in [9.17, 15) is 9.59 Å². The van der Waals surface area contributed by atoms with Crippen LogP contribution in [0.3, 0.4) is 0 Å². The number of rotatable bonds is 8. The van der Waals surface area contributed by atoms with Gasteiger partial charge in [-0.2, -0.15) is 9.97 Å². The van der Waals surface area contributed by atoms with Gasteiger partial charge in [-0.05, 0) is 67.0 Å². The lowest BCUT2D eigenvalue weighted by Gasteiger charge is -2.39. The van der Waals surface area contributed by atoms with Crippen LogP contribution in [0.15, 0.2) is 48.6 Å². The van der Waals surface area contributed by atoms with Gasteiger partial charge in [-0.25, -0.2) is 8.78 Å². The molecule has 2 atom stereocenters. The predicted octanol–water partition coefficient (Wildman–Crippen LogP) is 3.94. The Kier molecular flexibility index (Phi) is 6.50. The number of hydrogen-bond donors (Lipinski definition) is 2. The molecular weight excluding hydrogens is 492 g/mol. The molecule has 2 fully saturated rings. The number of alkyl halides is 1. The van der Waals surface area contributed by atoms with Crippen molar-refractivity contribution >= 4 is 23.2 Å². The summed E-state index contributed by atoms with van der Waals surface area (Å²) in [7, 11) is 0. The molecule has 38 heavy (non-hydrogen) atoms. The molecule has 1 saturated heterocycles. The zero-order chi connectivity index (χ0) is 27.2. The lowest BCUT2D eigenvalue weighted by Crippen LogP contribution is -2.53. The number of primary amides is 1. The molecule has 1 aliphatic heterocycles. The molecule has 5 rings (SSSR count). The number of nitrogens with zero attached hydrogens (tertiary/aromatic N) is 3. The Balaban J connectivity index is 1.49. The number of allylic oxidation sites excluding steroid dienone is 4. The highest BCUT2D eigenvalue weighted by Gasteiger charge is 2.38. The Bertz CT molecular complexity index is 1400. The molecule has 1 aromatic carbocycles. The van der Waals surface area contributed by atoms with Crippen molar-refractivity contribution in [1.82, 2.24) is 14.9 Å². The number of hydrogen-bond acceptors (Lipinski definition) is 6. The standard InChI is InChI=1S/C28H29F2N5O3/c1-3-23(36)35-11-9-17(35)14-38-27-33-21(12-22(31)34-27)28(30)10-8-15(2)20(13-28)24-18(16-4-5-16)6-7-19(25(24)29)26(32)37/h3,6-8,12-13,16-17H,1,4-5,9-11,14H2,2H3,(H2,32,37)(H2,31,33,34). The fourth-order valence-electron chi connectivity index (χ4n) is 4.96. The molecule has 3 aliphatic rings. The molecule has 2 aromatic rings. The van der Waals surface area contributed by atoms with E-state index in [2.05, 4.69) is 16.5 Å². The molecule has 198 valence electrons. The molecule has 0 radical (unpaired) electrons. The summed E-state index contributed by atoms with van der Waals surface area (Å²) in [5, 5.41) is 0. The average Bonchev–Trinajstić information content (AvgIpc) is 3.70. The number of nitrogen functional groups attached to an aromatic ring is 1. The molecule has 1 aromatic heterocycles. The van der Waals surface area contributed by atoms with E-state index < -0.39 is 17.4 Å². The van der Waals surface area contributed by atoms with Crippen LogP contribution in [0.4, 0.5) is 14.6 Å². The van der Waals surface area contributed by atoms with Crippen LogP contribution in [0.25, 0.3) is 5.57 Å². The minimum absolute atomic E-state index is 0.0106. The smallest absolute Gasteiger partial charge is 0.318 e. The van der Waals surface area contributed by atoms with E-state index in [-0.39, 0.29) is 59.5 Å². The fraction of sp³-hybridized carbons (Fsp3) is 0.357. The average molecular weight is 522 g/mol. The van der Waals surface area contributed by atoms with Gasteiger partial charge in [-0.1, -0.05) is 18.7 Å². The van der Waals surface area contributed by atoms with Crippen molar-refractivity contribution in [2.75, 3.05) is 18.9 Å². The maximum Gasteiger partial charge on any atom is 0.318 e. The monoisotopic (exact) mass is 521 g/mol. The van der Waals surface area contributed by atoms with E-state index in [1.807, 2.05) is 0 Å². The lowest BCUT2D eigenvalue weighted by atomic mass is 9.81. The normalized spacial score (nSPS) is 22.7. The van der Waals surface area contributed by atoms with Crippen molar-refractivity contribution in [1.29, 1.82) is 0 Å². The van der Waals surface area contributed by atoms with Crippen molar-refractivity contribution in [2.45, 2.75) is 50.2 Å². The molecule has 4 N–H and O–H groups in total. The second-order valence-corrected chi connectivity index (χ2v) is 9.99. The third-order valence-electron chi connectivity index (χ3n) is 7.39. The third-order valence-corrected chi connectivity index (χ3v) is 7.39. The zero-order valence-electron chi connectivity index (χ0n) is 21.0. The lowest BCUT2D eigenvalue weighted by molar-refractivity contribution is -0.134. The molecular formula is C28H29F2N5O3. The molecule has 10 heteroatoms. The minimum Gasteiger partial charge on any atom is -0.461 e. The van der Waals surface area contributed by atoms with Crippen LogP contribution in [0, 0.1) is 5.82 Å². The molecule has 0 spiro atoms. The molecule has 0 bridgehead atoms. The van der Waals surface area contributed by atoms with Crippen LogP contribution >= 0.6 is 0 Å². The van der Waals surface area contributed by atoms with E-state index in [0.717, 1.165) is 24.8 Å². The van der Waals surface area contributed by atoms with E-state index >= 15 is 8.78 Å². The third kappa shape index (κ3) is 4.66. The van der Waals surface area contributed by atoms with Gasteiger partial charge in [0.25, 0.3) is 5.91 Å². The van der Waals surface area contributed by atoms with Gasteiger partial charge < -0.3 is 21.1 Å². The number of carbonyl (C=O) groups is 2. The molecule has 2 heterocycles. The van der Waals surface area contributed by atoms with Crippen LogP contribution in [0.5, 0.6) is 6.01 Å². The first-order valence-corrected chi connectivity index (χ1v) is 12.5. The summed E-state index contributed by atoms with van der Waals surface area (Å²) in [6, 6.07) is 4.14. The van der Waals surface area contributed by atoms with E-state index in [1.54, 1.807) is 24.0 Å². The number of benzene rings is 1. The van der Waals surface area contributed by atoms with Crippen molar-refractivity contribution in [3.8, 4) is 6.01 Å². The van der Waals surface area contributed by atoms with Gasteiger partial charge in [0.15, 0.2) is 5.67 Å². The summed E-state index contributed by atoms with van der Waals surface area (Å²) in [6.07, 6.45) is 6.72. The van der Waals surface area contributed by atoms with Gasteiger partial charge in [-0.15, -0.1) is 0 Å². The number of nitrogens with two attached hydrogens (primary N) is 2. The quantitative estimate of drug-likeness (QED) is 0.507. The maximum absolute atomic E-state index is 16.6. The molecule has 2 aliphatic carbocycles. The highest BCUT2D eigenvalue weighted by molar-refractivity contribution is 5.95. The second kappa shape index (κ2) is 9.66. The molecule has 8 nitrogen and oxygen atoms in total. The van der Waals surface area contributed by atoms with Crippen molar-refractivity contribution < 1.29 is 23.1 Å². The van der Waals surface area contributed by atoms with Crippen LogP contribution in [0.2, 0.25) is 0 Å². The van der Waals surface area contributed by atoms with Gasteiger partial charge in [-0.3, -0.25) is 9.59 Å². The Morgan fingerprint density at radius 2 is 2.05 bits per heavy atom. The number of amides is 2. The number of aromatic nitrogens is 2. The largest absolute Gasteiger partial charge is 0.461 e. The summed E-state index contributed by atoms with van der Waals surface area (Å²) < 4.78 is 38.0. The van der Waals surface area contributed by atoms with Crippen LogP contribution in [-0.4, -0.2) is 45.9 Å². The number of anilines is 1. The summed E-state index contributed by atoms with van der Waals surface area (Å²) in [6.45, 7) is 6.00. The Labute approximate surface area is 219 Å². The van der Waals surface area contributed by atoms with Gasteiger partial charge in [0.2, 0.25) is 5.91 Å². The van der Waals surface area contributed by atoms with Gasteiger partial charge in [0.1, 0.15) is 18.2 Å². The van der Waals surface area contributed by atoms with E-state index in [0.29, 0.717) is 17.7 Å². The Morgan fingerprint density at radius 3 is 2.68 bits per heavy atom. The predicted molar refractivity (Wildman–Crippen MR) is 138 cm³/mol. The number of carbonyl (C=O) groups excluding carboxylic acids is 2. The highest BCUT2D eigenvalue weighted by atomic mass is 19.1. The fourth-order valence-corrected chi connectivity index (χ4v) is 4.96. The van der Waals surface area contributed by atoms with Gasteiger partial charge in [0, 0.05) is 24.6 Å². The first kappa shape index (κ1) is 25.6. The number of ether oxygens (including phenoxy) is 1. The minimum atomic E-state index is -2.14. The SMILES string of the molecule is C=CC(=O)N1CCC1COc1nc(N)cc(C2(F)C=C(c3c(C4CC4)ccc(C(N)=O)c3F)C(C)=CC2)n1. The van der Waals surface area contributed by atoms with Crippen molar-refractivity contribution in [3.63, 3.8) is 0 Å². The van der Waals surface area contributed by atoms with Gasteiger partial charge in [0.05, 0.1) is 17.3 Å². The first-order chi connectivity index (χ1) is 18.1. The Morgan fingerprint density at radius 1 is 1.29 bits per heavy atom.